The molecule has 0 unspecified atom stereocenters. The SMILES string of the molecule is ONC=Nc1ccc(N2CCSCC2)c(Br)c1. The van der Waals surface area contributed by atoms with Crippen LogP contribution >= 0.6 is 27.7 Å². The molecule has 4 nitrogen and oxygen atoms in total. The summed E-state index contributed by atoms with van der Waals surface area (Å²) in [5.74, 6) is 2.36. The second kappa shape index (κ2) is 6.28. The van der Waals surface area contributed by atoms with Gasteiger partial charge in [0.2, 0.25) is 0 Å². The molecule has 1 aromatic carbocycles. The third-order valence-corrected chi connectivity index (χ3v) is 4.13. The van der Waals surface area contributed by atoms with Gasteiger partial charge in [-0.2, -0.15) is 11.8 Å². The van der Waals surface area contributed by atoms with Gasteiger partial charge in [-0.3, -0.25) is 10.7 Å². The molecule has 0 aromatic heterocycles. The number of nitrogens with one attached hydrogen (secondary N) is 1. The van der Waals surface area contributed by atoms with Gasteiger partial charge in [0.05, 0.1) is 11.4 Å². The first-order chi connectivity index (χ1) is 8.31. The average molecular weight is 316 g/mol. The van der Waals surface area contributed by atoms with Crippen LogP contribution in [0, 0.1) is 0 Å². The van der Waals surface area contributed by atoms with Crippen molar-refractivity contribution >= 4 is 45.4 Å². The molecule has 1 aliphatic heterocycles. The van der Waals surface area contributed by atoms with Gasteiger partial charge in [0.1, 0.15) is 6.34 Å². The minimum absolute atomic E-state index is 0.800. The molecule has 0 aliphatic carbocycles. The van der Waals surface area contributed by atoms with Gasteiger partial charge in [-0.05, 0) is 34.1 Å². The summed E-state index contributed by atoms with van der Waals surface area (Å²) in [5, 5.41) is 8.43. The molecule has 2 N–H and O–H groups in total. The van der Waals surface area contributed by atoms with Crippen LogP contribution in [0.25, 0.3) is 0 Å². The lowest BCUT2D eigenvalue weighted by Crippen LogP contribution is -2.32. The van der Waals surface area contributed by atoms with Crippen LogP contribution in [0.5, 0.6) is 0 Å². The Kier molecular flexibility index (Phi) is 4.70. The maximum Gasteiger partial charge on any atom is 0.113 e. The Balaban J connectivity index is 2.15. The Hall–Kier alpha value is -0.720. The zero-order chi connectivity index (χ0) is 12.1. The van der Waals surface area contributed by atoms with Crippen LogP contribution < -0.4 is 10.4 Å². The minimum atomic E-state index is 0.800. The molecule has 0 radical (unpaired) electrons. The van der Waals surface area contributed by atoms with Crippen molar-refractivity contribution in [1.82, 2.24) is 5.48 Å². The van der Waals surface area contributed by atoms with E-state index in [0.29, 0.717) is 0 Å². The van der Waals surface area contributed by atoms with Crippen LogP contribution in [0.1, 0.15) is 0 Å². The summed E-state index contributed by atoms with van der Waals surface area (Å²) >= 11 is 5.57. The lowest BCUT2D eigenvalue weighted by Gasteiger charge is -2.29. The molecule has 0 bridgehead atoms. The highest BCUT2D eigenvalue weighted by atomic mass is 79.9. The number of thioether (sulfide) groups is 1. The minimum Gasteiger partial charge on any atom is -0.369 e. The monoisotopic (exact) mass is 315 g/mol. The van der Waals surface area contributed by atoms with Crippen molar-refractivity contribution in [3.05, 3.63) is 22.7 Å². The highest BCUT2D eigenvalue weighted by Crippen LogP contribution is 2.31. The molecule has 1 heterocycles. The zero-order valence-corrected chi connectivity index (χ0v) is 11.7. The number of aliphatic imine (C=N–C) groups is 1. The first kappa shape index (κ1) is 12.7. The summed E-state index contributed by atoms with van der Waals surface area (Å²) < 4.78 is 1.04. The molecular weight excluding hydrogens is 302 g/mol. The zero-order valence-electron chi connectivity index (χ0n) is 9.27. The average Bonchev–Trinajstić information content (AvgIpc) is 2.37. The molecule has 6 heteroatoms. The number of hydrogen-bond donors (Lipinski definition) is 2. The Morgan fingerprint density at radius 1 is 1.41 bits per heavy atom. The Morgan fingerprint density at radius 3 is 2.82 bits per heavy atom. The van der Waals surface area contributed by atoms with Crippen molar-refractivity contribution < 1.29 is 5.21 Å². The third kappa shape index (κ3) is 3.37. The van der Waals surface area contributed by atoms with Crippen LogP contribution in [-0.4, -0.2) is 36.1 Å². The van der Waals surface area contributed by atoms with Crippen molar-refractivity contribution in [1.29, 1.82) is 0 Å². The standard InChI is InChI=1S/C11H14BrN3OS/c12-10-7-9(13-8-14-16)1-2-11(10)15-3-5-17-6-4-15/h1-2,7-8,16H,3-6H2,(H,13,14). The second-order valence-electron chi connectivity index (χ2n) is 3.62. The lowest BCUT2D eigenvalue weighted by atomic mass is 10.2. The van der Waals surface area contributed by atoms with Crippen LogP contribution in [0.3, 0.4) is 0 Å². The fraction of sp³-hybridized carbons (Fsp3) is 0.364. The maximum atomic E-state index is 8.43. The summed E-state index contributed by atoms with van der Waals surface area (Å²) in [6.45, 7) is 2.17. The molecule has 1 saturated heterocycles. The lowest BCUT2D eigenvalue weighted by molar-refractivity contribution is 0.240. The number of benzene rings is 1. The second-order valence-corrected chi connectivity index (χ2v) is 5.70. The Bertz CT molecular complexity index is 408. The van der Waals surface area contributed by atoms with Gasteiger partial charge in [-0.25, -0.2) is 4.99 Å². The third-order valence-electron chi connectivity index (χ3n) is 2.55. The number of hydrogen-bond acceptors (Lipinski definition) is 4. The molecule has 92 valence electrons. The molecule has 0 spiro atoms. The predicted molar refractivity (Wildman–Crippen MR) is 76.8 cm³/mol. The van der Waals surface area contributed by atoms with Gasteiger partial charge < -0.3 is 4.90 Å². The highest BCUT2D eigenvalue weighted by molar-refractivity contribution is 9.10. The molecular formula is C11H14BrN3OS. The largest absolute Gasteiger partial charge is 0.369 e. The maximum absolute atomic E-state index is 8.43. The van der Waals surface area contributed by atoms with E-state index in [1.807, 2.05) is 29.4 Å². The van der Waals surface area contributed by atoms with E-state index in [4.69, 9.17) is 5.21 Å². The smallest absolute Gasteiger partial charge is 0.113 e. The van der Waals surface area contributed by atoms with Gasteiger partial charge >= 0.3 is 0 Å². The number of hydroxylamine groups is 1. The van der Waals surface area contributed by atoms with E-state index in [1.165, 1.54) is 23.5 Å². The molecule has 0 saturated carbocycles. The number of anilines is 1. The van der Waals surface area contributed by atoms with Crippen LogP contribution in [0.15, 0.2) is 27.7 Å². The van der Waals surface area contributed by atoms with E-state index < -0.39 is 0 Å². The summed E-state index contributed by atoms with van der Waals surface area (Å²) in [4.78, 5) is 6.41. The molecule has 17 heavy (non-hydrogen) atoms. The van der Waals surface area contributed by atoms with Crippen LogP contribution in [-0.2, 0) is 0 Å². The van der Waals surface area contributed by atoms with E-state index >= 15 is 0 Å². The summed E-state index contributed by atoms with van der Waals surface area (Å²) in [6, 6.07) is 5.95. The summed E-state index contributed by atoms with van der Waals surface area (Å²) in [5.41, 5.74) is 3.90. The first-order valence-electron chi connectivity index (χ1n) is 5.35. The van der Waals surface area contributed by atoms with Gasteiger partial charge in [0.15, 0.2) is 0 Å². The summed E-state index contributed by atoms with van der Waals surface area (Å²) in [7, 11) is 0. The van der Waals surface area contributed by atoms with E-state index in [2.05, 4.69) is 31.9 Å². The van der Waals surface area contributed by atoms with Crippen molar-refractivity contribution in [2.75, 3.05) is 29.5 Å². The number of nitrogens with zero attached hydrogens (tertiary/aromatic N) is 2. The van der Waals surface area contributed by atoms with E-state index in [1.54, 1.807) is 0 Å². The molecule has 0 amide bonds. The summed E-state index contributed by atoms with van der Waals surface area (Å²) in [6.07, 6.45) is 1.25. The van der Waals surface area contributed by atoms with Gasteiger partial charge in [-0.1, -0.05) is 0 Å². The Morgan fingerprint density at radius 2 is 2.18 bits per heavy atom. The number of halogens is 1. The first-order valence-corrected chi connectivity index (χ1v) is 7.30. The predicted octanol–water partition coefficient (Wildman–Crippen LogP) is 2.64. The normalized spacial score (nSPS) is 16.5. The molecule has 1 aliphatic rings. The van der Waals surface area contributed by atoms with Gasteiger partial charge in [0, 0.05) is 29.1 Å². The fourth-order valence-corrected chi connectivity index (χ4v) is 3.26. The van der Waals surface area contributed by atoms with Crippen LogP contribution in [0.4, 0.5) is 11.4 Å². The topological polar surface area (TPSA) is 47.9 Å². The fourth-order valence-electron chi connectivity index (χ4n) is 1.74. The van der Waals surface area contributed by atoms with Crippen molar-refractivity contribution in [3.63, 3.8) is 0 Å². The van der Waals surface area contributed by atoms with E-state index in [0.717, 1.165) is 23.2 Å². The van der Waals surface area contributed by atoms with Gasteiger partial charge in [0.25, 0.3) is 0 Å². The quantitative estimate of drug-likeness (QED) is 0.511. The molecule has 1 aromatic rings. The van der Waals surface area contributed by atoms with Crippen LogP contribution in [0.2, 0.25) is 0 Å². The molecule has 1 fully saturated rings. The van der Waals surface area contributed by atoms with E-state index in [-0.39, 0.29) is 0 Å². The van der Waals surface area contributed by atoms with Crippen molar-refractivity contribution in [2.45, 2.75) is 0 Å². The highest BCUT2D eigenvalue weighted by Gasteiger charge is 2.13. The van der Waals surface area contributed by atoms with Gasteiger partial charge in [-0.15, -0.1) is 0 Å². The van der Waals surface area contributed by atoms with Crippen molar-refractivity contribution in [3.8, 4) is 0 Å². The Labute approximate surface area is 113 Å². The molecule has 0 atom stereocenters. The molecule has 2 rings (SSSR count). The number of rotatable bonds is 3. The van der Waals surface area contributed by atoms with Crippen molar-refractivity contribution in [2.24, 2.45) is 4.99 Å². The van der Waals surface area contributed by atoms with E-state index in [9.17, 15) is 0 Å².